The van der Waals surface area contributed by atoms with Gasteiger partial charge < -0.3 is 10.6 Å². The van der Waals surface area contributed by atoms with E-state index in [1.807, 2.05) is 0 Å². The molecule has 1 fully saturated rings. The molecule has 1 aromatic rings. The van der Waals surface area contributed by atoms with E-state index in [2.05, 4.69) is 15.9 Å². The normalized spacial score (nSPS) is 19.8. The minimum atomic E-state index is -0.441. The van der Waals surface area contributed by atoms with Crippen molar-refractivity contribution in [3.63, 3.8) is 0 Å². The number of benzene rings is 1. The second-order valence-corrected chi connectivity index (χ2v) is 5.17. The van der Waals surface area contributed by atoms with Crippen molar-refractivity contribution < 1.29 is 9.59 Å². The molecule has 0 spiro atoms. The Bertz CT molecular complexity index is 492. The maximum absolute atomic E-state index is 11.7. The molecule has 0 aliphatic carbocycles. The molecule has 1 aliphatic rings. The Morgan fingerprint density at radius 2 is 2.24 bits per heavy atom. The van der Waals surface area contributed by atoms with Gasteiger partial charge in [0.1, 0.15) is 0 Å². The van der Waals surface area contributed by atoms with Gasteiger partial charge in [-0.3, -0.25) is 9.59 Å². The summed E-state index contributed by atoms with van der Waals surface area (Å²) in [5.41, 5.74) is 5.89. The number of rotatable bonds is 2. The van der Waals surface area contributed by atoms with Gasteiger partial charge in [0, 0.05) is 23.1 Å². The van der Waals surface area contributed by atoms with Crippen LogP contribution in [0.15, 0.2) is 22.7 Å². The van der Waals surface area contributed by atoms with Crippen molar-refractivity contribution >= 4 is 45.0 Å². The van der Waals surface area contributed by atoms with Crippen LogP contribution in [-0.2, 0) is 9.59 Å². The molecule has 4 nitrogen and oxygen atoms in total. The molecule has 6 heteroatoms. The molecule has 2 amide bonds. The number of nitrogens with two attached hydrogens (primary N) is 1. The smallest absolute Gasteiger partial charge is 0.227 e. The average molecular weight is 318 g/mol. The molecule has 1 unspecified atom stereocenters. The Morgan fingerprint density at radius 1 is 1.53 bits per heavy atom. The van der Waals surface area contributed by atoms with Crippen LogP contribution >= 0.6 is 27.5 Å². The van der Waals surface area contributed by atoms with E-state index in [9.17, 15) is 9.59 Å². The monoisotopic (exact) mass is 316 g/mol. The summed E-state index contributed by atoms with van der Waals surface area (Å²) in [7, 11) is 0. The van der Waals surface area contributed by atoms with Crippen molar-refractivity contribution in [3.05, 3.63) is 27.7 Å². The molecule has 0 saturated carbocycles. The maximum Gasteiger partial charge on any atom is 0.227 e. The quantitative estimate of drug-likeness (QED) is 0.906. The van der Waals surface area contributed by atoms with Crippen LogP contribution in [0.3, 0.4) is 0 Å². The van der Waals surface area contributed by atoms with E-state index in [-0.39, 0.29) is 12.3 Å². The summed E-state index contributed by atoms with van der Waals surface area (Å²) in [6.45, 7) is 0.326. The number of hydrogen-bond acceptors (Lipinski definition) is 2. The van der Waals surface area contributed by atoms with Gasteiger partial charge in [-0.15, -0.1) is 0 Å². The van der Waals surface area contributed by atoms with Crippen LogP contribution in [0, 0.1) is 5.92 Å². The predicted octanol–water partition coefficient (Wildman–Crippen LogP) is 1.94. The second kappa shape index (κ2) is 4.66. The molecule has 1 aromatic carbocycles. The van der Waals surface area contributed by atoms with Crippen LogP contribution in [0.25, 0.3) is 0 Å². The average Bonchev–Trinajstić information content (AvgIpc) is 2.65. The zero-order chi connectivity index (χ0) is 12.6. The van der Waals surface area contributed by atoms with Crippen molar-refractivity contribution in [2.75, 3.05) is 11.4 Å². The first-order chi connectivity index (χ1) is 7.99. The zero-order valence-electron chi connectivity index (χ0n) is 8.82. The summed E-state index contributed by atoms with van der Waals surface area (Å²) in [6, 6.07) is 5.23. The van der Waals surface area contributed by atoms with Crippen molar-refractivity contribution in [2.45, 2.75) is 6.42 Å². The lowest BCUT2D eigenvalue weighted by molar-refractivity contribution is -0.123. The Labute approximate surface area is 112 Å². The third-order valence-electron chi connectivity index (χ3n) is 2.74. The molecule has 1 aliphatic heterocycles. The van der Waals surface area contributed by atoms with Gasteiger partial charge in [-0.25, -0.2) is 0 Å². The van der Waals surface area contributed by atoms with Gasteiger partial charge in [0.25, 0.3) is 0 Å². The van der Waals surface area contributed by atoms with Gasteiger partial charge >= 0.3 is 0 Å². The van der Waals surface area contributed by atoms with Crippen LogP contribution in [0.5, 0.6) is 0 Å². The van der Waals surface area contributed by atoms with Gasteiger partial charge in [0.15, 0.2) is 0 Å². The molecule has 0 bridgehead atoms. The van der Waals surface area contributed by atoms with Crippen LogP contribution in [0.4, 0.5) is 5.69 Å². The fraction of sp³-hybridized carbons (Fsp3) is 0.273. The summed E-state index contributed by atoms with van der Waals surface area (Å²) in [5, 5.41) is 0.526. The number of amides is 2. The topological polar surface area (TPSA) is 63.4 Å². The van der Waals surface area contributed by atoms with E-state index in [4.69, 9.17) is 17.3 Å². The van der Waals surface area contributed by atoms with Crippen LogP contribution in [0.2, 0.25) is 5.02 Å². The first-order valence-corrected chi connectivity index (χ1v) is 6.21. The predicted molar refractivity (Wildman–Crippen MR) is 68.8 cm³/mol. The SMILES string of the molecule is NC(=O)C1CC(=O)N(c2ccc(Br)c(Cl)c2)C1. The lowest BCUT2D eigenvalue weighted by Crippen LogP contribution is -2.28. The highest BCUT2D eigenvalue weighted by Crippen LogP contribution is 2.30. The van der Waals surface area contributed by atoms with E-state index in [1.54, 1.807) is 18.2 Å². The number of hydrogen-bond donors (Lipinski definition) is 1. The molecule has 2 rings (SSSR count). The number of primary amides is 1. The second-order valence-electron chi connectivity index (χ2n) is 3.91. The Morgan fingerprint density at radius 3 is 2.76 bits per heavy atom. The standard InChI is InChI=1S/C11H10BrClN2O2/c12-8-2-1-7(4-9(8)13)15-5-6(11(14)17)3-10(15)16/h1-2,4,6H,3,5H2,(H2,14,17). The highest BCUT2D eigenvalue weighted by atomic mass is 79.9. The van der Waals surface area contributed by atoms with E-state index >= 15 is 0 Å². The highest BCUT2D eigenvalue weighted by molar-refractivity contribution is 9.10. The molecule has 0 radical (unpaired) electrons. The Balaban J connectivity index is 2.26. The molecular formula is C11H10BrClN2O2. The van der Waals surface area contributed by atoms with Gasteiger partial charge in [-0.2, -0.15) is 0 Å². The number of halogens is 2. The summed E-state index contributed by atoms with van der Waals surface area (Å²) in [5.74, 6) is -0.957. The molecule has 1 heterocycles. The molecule has 17 heavy (non-hydrogen) atoms. The molecule has 1 atom stereocenters. The highest BCUT2D eigenvalue weighted by Gasteiger charge is 2.33. The van der Waals surface area contributed by atoms with E-state index in [0.717, 1.165) is 4.47 Å². The van der Waals surface area contributed by atoms with Crippen LogP contribution < -0.4 is 10.6 Å². The van der Waals surface area contributed by atoms with E-state index < -0.39 is 11.8 Å². The minimum Gasteiger partial charge on any atom is -0.369 e. The molecule has 1 saturated heterocycles. The fourth-order valence-electron chi connectivity index (χ4n) is 1.80. The maximum atomic E-state index is 11.7. The summed E-state index contributed by atoms with van der Waals surface area (Å²) < 4.78 is 0.765. The number of carbonyl (C=O) groups excluding carboxylic acids is 2. The van der Waals surface area contributed by atoms with Gasteiger partial charge in [0.2, 0.25) is 11.8 Å². The first kappa shape index (κ1) is 12.4. The largest absolute Gasteiger partial charge is 0.369 e. The van der Waals surface area contributed by atoms with Crippen molar-refractivity contribution in [1.82, 2.24) is 0 Å². The summed E-state index contributed by atoms with van der Waals surface area (Å²) in [6.07, 6.45) is 0.170. The third kappa shape index (κ3) is 2.45. The van der Waals surface area contributed by atoms with Gasteiger partial charge in [0.05, 0.1) is 10.9 Å². The lowest BCUT2D eigenvalue weighted by Gasteiger charge is -2.16. The van der Waals surface area contributed by atoms with Crippen molar-refractivity contribution in [3.8, 4) is 0 Å². The van der Waals surface area contributed by atoms with Crippen LogP contribution in [0.1, 0.15) is 6.42 Å². The molecule has 90 valence electrons. The van der Waals surface area contributed by atoms with Gasteiger partial charge in [-0.05, 0) is 34.1 Å². The van der Waals surface area contributed by atoms with E-state index in [0.29, 0.717) is 17.3 Å². The van der Waals surface area contributed by atoms with E-state index in [1.165, 1.54) is 4.90 Å². The van der Waals surface area contributed by atoms with Crippen LogP contribution in [-0.4, -0.2) is 18.4 Å². The lowest BCUT2D eigenvalue weighted by atomic mass is 10.1. The summed E-state index contributed by atoms with van der Waals surface area (Å²) >= 11 is 9.24. The molecule has 0 aromatic heterocycles. The van der Waals surface area contributed by atoms with Gasteiger partial charge in [-0.1, -0.05) is 11.6 Å². The Kier molecular flexibility index (Phi) is 3.40. The van der Waals surface area contributed by atoms with Crippen molar-refractivity contribution in [1.29, 1.82) is 0 Å². The van der Waals surface area contributed by atoms with Crippen molar-refractivity contribution in [2.24, 2.45) is 11.7 Å². The minimum absolute atomic E-state index is 0.104. The number of anilines is 1. The summed E-state index contributed by atoms with van der Waals surface area (Å²) in [4.78, 5) is 24.3. The fourth-order valence-corrected chi connectivity index (χ4v) is 2.22. The molecular weight excluding hydrogens is 307 g/mol. The molecule has 2 N–H and O–H groups in total. The first-order valence-electron chi connectivity index (χ1n) is 5.04. The number of nitrogens with zero attached hydrogens (tertiary/aromatic N) is 1. The third-order valence-corrected chi connectivity index (χ3v) is 3.97. The zero-order valence-corrected chi connectivity index (χ0v) is 11.2. The number of carbonyl (C=O) groups is 2. The Hall–Kier alpha value is -1.07.